The Morgan fingerprint density at radius 2 is 2.18 bits per heavy atom. The minimum atomic E-state index is -0.693. The molecule has 0 saturated heterocycles. The summed E-state index contributed by atoms with van der Waals surface area (Å²) in [4.78, 5) is 0. The minimum absolute atomic E-state index is 0.310. The molecule has 0 aliphatic carbocycles. The van der Waals surface area contributed by atoms with E-state index in [2.05, 4.69) is 5.10 Å². The maximum Gasteiger partial charge on any atom is 0.149 e. The number of hydrogen-bond donors (Lipinski definition) is 1. The summed E-state index contributed by atoms with van der Waals surface area (Å²) in [5, 5.41) is 13.9. The summed E-state index contributed by atoms with van der Waals surface area (Å²) >= 11 is 5.87. The van der Waals surface area contributed by atoms with Gasteiger partial charge in [0, 0.05) is 6.20 Å². The van der Waals surface area contributed by atoms with E-state index in [-0.39, 0.29) is 0 Å². The van der Waals surface area contributed by atoms with Crippen molar-refractivity contribution >= 4 is 11.6 Å². The number of rotatable bonds is 2. The Kier molecular flexibility index (Phi) is 3.17. The summed E-state index contributed by atoms with van der Waals surface area (Å²) < 4.78 is 15.2. The highest BCUT2D eigenvalue weighted by Gasteiger charge is 2.10. The summed E-state index contributed by atoms with van der Waals surface area (Å²) in [6.45, 7) is 3.34. The molecule has 0 aliphatic rings. The van der Waals surface area contributed by atoms with Gasteiger partial charge in [-0.25, -0.2) is 9.07 Å². The number of nitrogens with zero attached hydrogens (tertiary/aromatic N) is 2. The van der Waals surface area contributed by atoms with Crippen LogP contribution in [0.1, 0.15) is 24.3 Å². The fourth-order valence-corrected chi connectivity index (χ4v) is 1.66. The fraction of sp³-hybridized carbons (Fsp3) is 0.250. The largest absolute Gasteiger partial charge is 0.389 e. The highest BCUT2D eigenvalue weighted by atomic mass is 35.5. The predicted molar refractivity (Wildman–Crippen MR) is 63.9 cm³/mol. The molecule has 1 N–H and O–H groups in total. The van der Waals surface area contributed by atoms with Crippen LogP contribution < -0.4 is 0 Å². The van der Waals surface area contributed by atoms with Gasteiger partial charge in [0.25, 0.3) is 0 Å². The second-order valence-corrected chi connectivity index (χ2v) is 4.30. The smallest absolute Gasteiger partial charge is 0.149 e. The Bertz CT molecular complexity index is 532. The van der Waals surface area contributed by atoms with Crippen molar-refractivity contribution in [2.24, 2.45) is 0 Å². The number of aliphatic hydroxyl groups excluding tert-OH is 1. The molecule has 2 aromatic rings. The molecule has 2 rings (SSSR count). The van der Waals surface area contributed by atoms with Crippen molar-refractivity contribution < 1.29 is 9.50 Å². The van der Waals surface area contributed by atoms with Gasteiger partial charge in [0.15, 0.2) is 0 Å². The summed E-state index contributed by atoms with van der Waals surface area (Å²) in [6, 6.07) is 4.53. The molecule has 0 spiro atoms. The zero-order valence-corrected chi connectivity index (χ0v) is 10.2. The molecule has 90 valence electrons. The lowest BCUT2D eigenvalue weighted by Crippen LogP contribution is -2.01. The first-order valence-corrected chi connectivity index (χ1v) is 5.56. The predicted octanol–water partition coefficient (Wildman–Crippen LogP) is 3.03. The highest BCUT2D eigenvalue weighted by molar-refractivity contribution is 6.31. The molecule has 1 heterocycles. The second kappa shape index (κ2) is 4.47. The van der Waals surface area contributed by atoms with E-state index in [0.29, 0.717) is 22.0 Å². The first kappa shape index (κ1) is 12.1. The quantitative estimate of drug-likeness (QED) is 0.895. The van der Waals surface area contributed by atoms with Gasteiger partial charge in [0.2, 0.25) is 0 Å². The standard InChI is InChI=1S/C12H12ClFN2O/c1-7-10(13)6-16(15-7)12-4-3-9(8(2)17)5-11(12)14/h3-6,8,17H,1-2H3/t8-/m1/s1. The molecule has 0 fully saturated rings. The number of hydrogen-bond acceptors (Lipinski definition) is 2. The Morgan fingerprint density at radius 1 is 1.47 bits per heavy atom. The summed E-state index contributed by atoms with van der Waals surface area (Å²) in [5.74, 6) is -0.442. The number of aliphatic hydroxyl groups is 1. The molecule has 0 aliphatic heterocycles. The van der Waals surface area contributed by atoms with Crippen LogP contribution in [0.25, 0.3) is 5.69 Å². The third kappa shape index (κ3) is 2.33. The van der Waals surface area contributed by atoms with Crippen molar-refractivity contribution in [2.75, 3.05) is 0 Å². The Morgan fingerprint density at radius 3 is 2.65 bits per heavy atom. The number of aromatic nitrogens is 2. The van der Waals surface area contributed by atoms with Crippen LogP contribution in [0.4, 0.5) is 4.39 Å². The van der Waals surface area contributed by atoms with Crippen molar-refractivity contribution in [3.63, 3.8) is 0 Å². The Balaban J connectivity index is 2.46. The van der Waals surface area contributed by atoms with Gasteiger partial charge in [-0.15, -0.1) is 0 Å². The van der Waals surface area contributed by atoms with E-state index < -0.39 is 11.9 Å². The first-order valence-electron chi connectivity index (χ1n) is 5.18. The van der Waals surface area contributed by atoms with Gasteiger partial charge >= 0.3 is 0 Å². The third-order valence-electron chi connectivity index (χ3n) is 2.54. The third-order valence-corrected chi connectivity index (χ3v) is 2.91. The molecular formula is C12H12ClFN2O. The lowest BCUT2D eigenvalue weighted by Gasteiger charge is -2.08. The van der Waals surface area contributed by atoms with Crippen LogP contribution in [-0.4, -0.2) is 14.9 Å². The highest BCUT2D eigenvalue weighted by Crippen LogP contribution is 2.21. The van der Waals surface area contributed by atoms with Gasteiger partial charge < -0.3 is 5.11 Å². The normalized spacial score (nSPS) is 12.8. The van der Waals surface area contributed by atoms with Gasteiger partial charge in [-0.05, 0) is 31.5 Å². The molecule has 1 atom stereocenters. The zero-order chi connectivity index (χ0) is 12.6. The SMILES string of the molecule is Cc1nn(-c2ccc([C@@H](C)O)cc2F)cc1Cl. The van der Waals surface area contributed by atoms with Crippen LogP contribution >= 0.6 is 11.6 Å². The van der Waals surface area contributed by atoms with E-state index in [0.717, 1.165) is 0 Å². The van der Waals surface area contributed by atoms with Crippen LogP contribution in [0.15, 0.2) is 24.4 Å². The van der Waals surface area contributed by atoms with Gasteiger partial charge in [-0.2, -0.15) is 5.10 Å². The van der Waals surface area contributed by atoms with Gasteiger partial charge in [0.1, 0.15) is 11.5 Å². The van der Waals surface area contributed by atoms with Crippen molar-refractivity contribution in [3.8, 4) is 5.69 Å². The fourth-order valence-electron chi connectivity index (χ4n) is 1.53. The van der Waals surface area contributed by atoms with Crippen LogP contribution in [0.3, 0.4) is 0 Å². The van der Waals surface area contributed by atoms with Crippen LogP contribution in [0, 0.1) is 12.7 Å². The van der Waals surface area contributed by atoms with Gasteiger partial charge in [-0.3, -0.25) is 0 Å². The van der Waals surface area contributed by atoms with E-state index in [1.54, 1.807) is 32.2 Å². The second-order valence-electron chi connectivity index (χ2n) is 3.89. The Labute approximate surface area is 103 Å². The number of halogens is 2. The number of benzene rings is 1. The molecule has 3 nitrogen and oxygen atoms in total. The first-order chi connectivity index (χ1) is 7.99. The lowest BCUT2D eigenvalue weighted by atomic mass is 10.1. The maximum atomic E-state index is 13.8. The molecular weight excluding hydrogens is 243 g/mol. The average Bonchev–Trinajstić information content (AvgIpc) is 2.58. The zero-order valence-electron chi connectivity index (χ0n) is 9.48. The summed E-state index contributed by atoms with van der Waals surface area (Å²) in [6.07, 6.45) is 0.860. The van der Waals surface area contributed by atoms with E-state index in [1.807, 2.05) is 0 Å². The van der Waals surface area contributed by atoms with Crippen molar-refractivity contribution in [3.05, 3.63) is 46.5 Å². The molecule has 0 radical (unpaired) electrons. The topological polar surface area (TPSA) is 38.0 Å². The average molecular weight is 255 g/mol. The molecule has 0 bridgehead atoms. The minimum Gasteiger partial charge on any atom is -0.389 e. The van der Waals surface area contributed by atoms with Crippen LogP contribution in [0.2, 0.25) is 5.02 Å². The van der Waals surface area contributed by atoms with E-state index in [9.17, 15) is 9.50 Å². The van der Waals surface area contributed by atoms with E-state index in [4.69, 9.17) is 11.6 Å². The van der Waals surface area contributed by atoms with Gasteiger partial charge in [-0.1, -0.05) is 17.7 Å². The summed E-state index contributed by atoms with van der Waals surface area (Å²) in [7, 11) is 0. The maximum absolute atomic E-state index is 13.8. The molecule has 5 heteroatoms. The molecule has 0 saturated carbocycles. The van der Waals surface area contributed by atoms with Gasteiger partial charge in [0.05, 0.1) is 16.8 Å². The molecule has 1 aromatic heterocycles. The monoisotopic (exact) mass is 254 g/mol. The van der Waals surface area contributed by atoms with Crippen LogP contribution in [0.5, 0.6) is 0 Å². The lowest BCUT2D eigenvalue weighted by molar-refractivity contribution is 0.199. The van der Waals surface area contributed by atoms with Crippen molar-refractivity contribution in [1.82, 2.24) is 9.78 Å². The van der Waals surface area contributed by atoms with E-state index in [1.165, 1.54) is 10.7 Å². The van der Waals surface area contributed by atoms with Crippen molar-refractivity contribution in [1.29, 1.82) is 0 Å². The van der Waals surface area contributed by atoms with Crippen LogP contribution in [-0.2, 0) is 0 Å². The molecule has 1 aromatic carbocycles. The van der Waals surface area contributed by atoms with E-state index >= 15 is 0 Å². The Hall–Kier alpha value is -1.39. The molecule has 0 unspecified atom stereocenters. The molecule has 17 heavy (non-hydrogen) atoms. The number of aryl methyl sites for hydroxylation is 1. The molecule has 0 amide bonds. The van der Waals surface area contributed by atoms with Crippen molar-refractivity contribution in [2.45, 2.75) is 20.0 Å². The summed E-state index contributed by atoms with van der Waals surface area (Å²) in [5.41, 5.74) is 1.48.